The minimum atomic E-state index is -0.422. The van der Waals surface area contributed by atoms with Gasteiger partial charge in [-0.2, -0.15) is 0 Å². The largest absolute Gasteiger partial charge is 0.489 e. The van der Waals surface area contributed by atoms with Crippen LogP contribution in [-0.2, 0) is 11.2 Å². The maximum atomic E-state index is 12.2. The number of hydrogen-bond donors (Lipinski definition) is 0. The molecule has 0 bridgehead atoms. The lowest BCUT2D eigenvalue weighted by Crippen LogP contribution is -2.08. The summed E-state index contributed by atoms with van der Waals surface area (Å²) in [7, 11) is 0. The van der Waals surface area contributed by atoms with E-state index in [1.165, 1.54) is 0 Å². The lowest BCUT2D eigenvalue weighted by Gasteiger charge is -2.11. The van der Waals surface area contributed by atoms with Crippen molar-refractivity contribution in [2.45, 2.75) is 26.2 Å². The summed E-state index contributed by atoms with van der Waals surface area (Å²) in [5.41, 5.74) is 2.34. The Hall–Kier alpha value is -2.27. The number of esters is 1. The van der Waals surface area contributed by atoms with Gasteiger partial charge in [-0.05, 0) is 44.0 Å². The van der Waals surface area contributed by atoms with Gasteiger partial charge in [-0.15, -0.1) is 0 Å². The molecule has 0 fully saturated rings. The molecule has 132 valence electrons. The van der Waals surface area contributed by atoms with Gasteiger partial charge in [0, 0.05) is 17.8 Å². The summed E-state index contributed by atoms with van der Waals surface area (Å²) in [5.74, 6) is 0.553. The zero-order valence-electron chi connectivity index (χ0n) is 14.1. The average Bonchev–Trinajstić information content (AvgIpc) is 2.84. The van der Waals surface area contributed by atoms with Gasteiger partial charge in [0.25, 0.3) is 0 Å². The molecule has 0 unspecified atom stereocenters. The van der Waals surface area contributed by atoms with Crippen molar-refractivity contribution in [2.75, 3.05) is 19.8 Å². The standard InChI is InChI=1S/C19H20ClNO4/c1-13-5-2-6-15(21-13)7-3-8-25-19(22)14-11-16(20)18-17(12-14)23-9-4-10-24-18/h2,5-6,11-12H,3-4,7-10H2,1H3. The maximum Gasteiger partial charge on any atom is 0.338 e. The molecular formula is C19H20ClNO4. The molecule has 0 saturated carbocycles. The molecule has 2 aromatic rings. The number of aryl methyl sites for hydroxylation is 2. The second-order valence-electron chi connectivity index (χ2n) is 5.85. The van der Waals surface area contributed by atoms with Crippen molar-refractivity contribution in [3.8, 4) is 11.5 Å². The Bertz CT molecular complexity index is 763. The zero-order chi connectivity index (χ0) is 17.6. The molecule has 0 atom stereocenters. The first-order valence-electron chi connectivity index (χ1n) is 8.32. The van der Waals surface area contributed by atoms with Crippen LogP contribution in [0, 0.1) is 6.92 Å². The number of aromatic nitrogens is 1. The Morgan fingerprint density at radius 1 is 1.28 bits per heavy atom. The van der Waals surface area contributed by atoms with Crippen LogP contribution in [0.3, 0.4) is 0 Å². The molecule has 2 heterocycles. The molecule has 0 saturated heterocycles. The highest BCUT2D eigenvalue weighted by atomic mass is 35.5. The molecule has 1 aromatic carbocycles. The number of hydrogen-bond acceptors (Lipinski definition) is 5. The first-order chi connectivity index (χ1) is 12.1. The molecule has 5 nitrogen and oxygen atoms in total. The fourth-order valence-electron chi connectivity index (χ4n) is 2.59. The Kier molecular flexibility index (Phi) is 5.76. The molecule has 0 N–H and O–H groups in total. The predicted octanol–water partition coefficient (Wildman–Crippen LogP) is 3.99. The molecule has 1 aliphatic rings. The van der Waals surface area contributed by atoms with E-state index >= 15 is 0 Å². The smallest absolute Gasteiger partial charge is 0.338 e. The minimum absolute atomic E-state index is 0.320. The summed E-state index contributed by atoms with van der Waals surface area (Å²) in [6, 6.07) is 9.08. The Balaban J connectivity index is 1.56. The second-order valence-corrected chi connectivity index (χ2v) is 6.25. The summed E-state index contributed by atoms with van der Waals surface area (Å²) in [6.07, 6.45) is 2.25. The SMILES string of the molecule is Cc1cccc(CCCOC(=O)c2cc(Cl)c3c(c2)OCCCO3)n1. The van der Waals surface area contributed by atoms with Gasteiger partial charge in [-0.3, -0.25) is 4.98 Å². The van der Waals surface area contributed by atoms with E-state index in [1.54, 1.807) is 12.1 Å². The Morgan fingerprint density at radius 2 is 2.12 bits per heavy atom. The van der Waals surface area contributed by atoms with Crippen LogP contribution < -0.4 is 9.47 Å². The number of carbonyl (C=O) groups excluding carboxylic acids is 1. The van der Waals surface area contributed by atoms with Crippen molar-refractivity contribution in [1.82, 2.24) is 4.98 Å². The molecule has 0 radical (unpaired) electrons. The van der Waals surface area contributed by atoms with E-state index in [1.807, 2.05) is 25.1 Å². The van der Waals surface area contributed by atoms with Crippen LogP contribution >= 0.6 is 11.6 Å². The fourth-order valence-corrected chi connectivity index (χ4v) is 2.85. The lowest BCUT2D eigenvalue weighted by atomic mass is 10.2. The normalized spacial score (nSPS) is 13.2. The van der Waals surface area contributed by atoms with Crippen LogP contribution in [-0.4, -0.2) is 30.8 Å². The van der Waals surface area contributed by atoms with Crippen LogP contribution in [0.25, 0.3) is 0 Å². The van der Waals surface area contributed by atoms with E-state index in [0.717, 1.165) is 24.2 Å². The van der Waals surface area contributed by atoms with Gasteiger partial charge in [-0.1, -0.05) is 17.7 Å². The molecule has 0 amide bonds. The van der Waals surface area contributed by atoms with Crippen molar-refractivity contribution in [3.63, 3.8) is 0 Å². The Labute approximate surface area is 151 Å². The minimum Gasteiger partial charge on any atom is -0.489 e. The second kappa shape index (κ2) is 8.21. The number of halogens is 1. The Morgan fingerprint density at radius 3 is 2.96 bits per heavy atom. The zero-order valence-corrected chi connectivity index (χ0v) is 14.8. The van der Waals surface area contributed by atoms with Gasteiger partial charge in [0.1, 0.15) is 0 Å². The van der Waals surface area contributed by atoms with Crippen molar-refractivity contribution < 1.29 is 19.0 Å². The molecule has 0 spiro atoms. The number of fused-ring (bicyclic) bond motifs is 1. The van der Waals surface area contributed by atoms with Gasteiger partial charge in [-0.25, -0.2) is 4.79 Å². The summed E-state index contributed by atoms with van der Waals surface area (Å²) in [5, 5.41) is 0.357. The van der Waals surface area contributed by atoms with Crippen LogP contribution in [0.5, 0.6) is 11.5 Å². The van der Waals surface area contributed by atoms with Crippen molar-refractivity contribution in [1.29, 1.82) is 0 Å². The van der Waals surface area contributed by atoms with Crippen LogP contribution in [0.2, 0.25) is 5.02 Å². The topological polar surface area (TPSA) is 57.7 Å². The maximum absolute atomic E-state index is 12.2. The molecule has 6 heteroatoms. The third-order valence-electron chi connectivity index (χ3n) is 3.79. The van der Waals surface area contributed by atoms with Gasteiger partial charge in [0.15, 0.2) is 11.5 Å². The number of ether oxygens (including phenoxy) is 3. The number of nitrogens with zero attached hydrogens (tertiary/aromatic N) is 1. The van der Waals surface area contributed by atoms with Crippen molar-refractivity contribution in [2.24, 2.45) is 0 Å². The number of carbonyl (C=O) groups is 1. The van der Waals surface area contributed by atoms with Crippen LogP contribution in [0.4, 0.5) is 0 Å². The number of rotatable bonds is 5. The van der Waals surface area contributed by atoms with Gasteiger partial charge in [0.05, 0.1) is 30.4 Å². The first kappa shape index (κ1) is 17.5. The summed E-state index contributed by atoms with van der Waals surface area (Å²) < 4.78 is 16.5. The van der Waals surface area contributed by atoms with Crippen molar-refractivity contribution >= 4 is 17.6 Å². The van der Waals surface area contributed by atoms with Crippen molar-refractivity contribution in [3.05, 3.63) is 52.3 Å². The van der Waals surface area contributed by atoms with E-state index in [2.05, 4.69) is 4.98 Å². The number of pyridine rings is 1. The van der Waals surface area contributed by atoms with E-state index < -0.39 is 5.97 Å². The van der Waals surface area contributed by atoms with E-state index in [0.29, 0.717) is 48.3 Å². The summed E-state index contributed by atoms with van der Waals surface area (Å²) in [6.45, 7) is 3.35. The average molecular weight is 362 g/mol. The highest BCUT2D eigenvalue weighted by molar-refractivity contribution is 6.32. The predicted molar refractivity (Wildman–Crippen MR) is 94.6 cm³/mol. The molecule has 25 heavy (non-hydrogen) atoms. The molecule has 0 aliphatic carbocycles. The molecular weight excluding hydrogens is 342 g/mol. The number of benzene rings is 1. The van der Waals surface area contributed by atoms with E-state index in [9.17, 15) is 4.79 Å². The monoisotopic (exact) mass is 361 g/mol. The highest BCUT2D eigenvalue weighted by Crippen LogP contribution is 2.38. The highest BCUT2D eigenvalue weighted by Gasteiger charge is 2.19. The van der Waals surface area contributed by atoms with Gasteiger partial charge >= 0.3 is 5.97 Å². The van der Waals surface area contributed by atoms with Gasteiger partial charge < -0.3 is 14.2 Å². The molecule has 1 aromatic heterocycles. The third kappa shape index (κ3) is 4.63. The van der Waals surface area contributed by atoms with Crippen LogP contribution in [0.1, 0.15) is 34.6 Å². The quantitative estimate of drug-likeness (QED) is 0.595. The van der Waals surface area contributed by atoms with E-state index in [-0.39, 0.29) is 0 Å². The van der Waals surface area contributed by atoms with Crippen LogP contribution in [0.15, 0.2) is 30.3 Å². The summed E-state index contributed by atoms with van der Waals surface area (Å²) in [4.78, 5) is 16.7. The molecule has 1 aliphatic heterocycles. The summed E-state index contributed by atoms with van der Waals surface area (Å²) >= 11 is 6.20. The van der Waals surface area contributed by atoms with E-state index in [4.69, 9.17) is 25.8 Å². The first-order valence-corrected chi connectivity index (χ1v) is 8.70. The lowest BCUT2D eigenvalue weighted by molar-refractivity contribution is 0.0500. The van der Waals surface area contributed by atoms with Gasteiger partial charge in [0.2, 0.25) is 0 Å². The fraction of sp³-hybridized carbons (Fsp3) is 0.368. The molecule has 3 rings (SSSR count). The third-order valence-corrected chi connectivity index (χ3v) is 4.08.